The molecule has 0 aliphatic heterocycles. The third kappa shape index (κ3) is 2.79. The summed E-state index contributed by atoms with van der Waals surface area (Å²) < 4.78 is 0. The van der Waals surface area contributed by atoms with Crippen LogP contribution < -0.4 is 5.73 Å². The van der Waals surface area contributed by atoms with Crippen LogP contribution in [0.5, 0.6) is 0 Å². The van der Waals surface area contributed by atoms with E-state index >= 15 is 0 Å². The number of nitrogens with zero attached hydrogens (tertiary/aromatic N) is 1. The summed E-state index contributed by atoms with van der Waals surface area (Å²) in [6.45, 7) is 6.49. The summed E-state index contributed by atoms with van der Waals surface area (Å²) in [7, 11) is -1.49. The lowest BCUT2D eigenvalue weighted by Gasteiger charge is -2.20. The number of nitrogens with two attached hydrogens (primary N) is 1. The van der Waals surface area contributed by atoms with Gasteiger partial charge in [0.2, 0.25) is 0 Å². The first-order valence-corrected chi connectivity index (χ1v) is 8.34. The lowest BCUT2D eigenvalue weighted by Crippen LogP contribution is -2.31. The number of rotatable bonds is 2. The zero-order valence-corrected chi connectivity index (χ0v) is 10.3. The van der Waals surface area contributed by atoms with Gasteiger partial charge < -0.3 is 5.73 Å². The zero-order valence-electron chi connectivity index (χ0n) is 9.28. The van der Waals surface area contributed by atoms with Crippen LogP contribution in [0.4, 0.5) is 0 Å². The van der Waals surface area contributed by atoms with Crippen molar-refractivity contribution in [2.75, 3.05) is 0 Å². The second-order valence-corrected chi connectivity index (χ2v) is 9.65. The van der Waals surface area contributed by atoms with Gasteiger partial charge in [0.15, 0.2) is 0 Å². The van der Waals surface area contributed by atoms with Gasteiger partial charge in [0, 0.05) is 6.08 Å². The normalized spacial score (nSPS) is 19.8. The van der Waals surface area contributed by atoms with Crippen molar-refractivity contribution in [3.63, 3.8) is 0 Å². The molecular formula is C10H16N2O2Si. The first kappa shape index (κ1) is 11.7. The Hall–Kier alpha value is -1.36. The van der Waals surface area contributed by atoms with Crippen molar-refractivity contribution >= 4 is 8.07 Å². The highest BCUT2D eigenvalue weighted by Gasteiger charge is 2.21. The summed E-state index contributed by atoms with van der Waals surface area (Å²) in [5, 5.41) is 11.4. The van der Waals surface area contributed by atoms with E-state index in [1.807, 2.05) is 0 Å². The molecule has 0 saturated heterocycles. The Morgan fingerprint density at radius 1 is 1.47 bits per heavy atom. The van der Waals surface area contributed by atoms with Crippen LogP contribution in [0.25, 0.3) is 0 Å². The van der Waals surface area contributed by atoms with Crippen molar-refractivity contribution in [2.24, 2.45) is 5.73 Å². The molecule has 0 bridgehead atoms. The lowest BCUT2D eigenvalue weighted by atomic mass is 10.1. The van der Waals surface area contributed by atoms with Crippen molar-refractivity contribution in [2.45, 2.75) is 26.1 Å². The van der Waals surface area contributed by atoms with Gasteiger partial charge in [-0.3, -0.25) is 10.1 Å². The minimum absolute atomic E-state index is 0.155. The Balaban J connectivity index is 2.92. The average Bonchev–Trinajstić information content (AvgIpc) is 2.15. The quantitative estimate of drug-likeness (QED) is 0.444. The van der Waals surface area contributed by atoms with E-state index in [-0.39, 0.29) is 10.6 Å². The smallest absolute Gasteiger partial charge is 0.265 e. The van der Waals surface area contributed by atoms with E-state index in [0.29, 0.717) is 6.42 Å². The van der Waals surface area contributed by atoms with Crippen molar-refractivity contribution in [1.29, 1.82) is 0 Å². The second-order valence-electron chi connectivity index (χ2n) is 4.61. The van der Waals surface area contributed by atoms with Crippen LogP contribution in [0, 0.1) is 10.1 Å². The predicted octanol–water partition coefficient (Wildman–Crippen LogP) is 2.20. The monoisotopic (exact) mass is 224 g/mol. The van der Waals surface area contributed by atoms with Gasteiger partial charge in [-0.1, -0.05) is 25.7 Å². The van der Waals surface area contributed by atoms with Gasteiger partial charge in [0.05, 0.1) is 13.0 Å². The SMILES string of the molecule is C[Si](C)(C)C(N)=C1C=CC([N+](=O)[O-])=CC1. The van der Waals surface area contributed by atoms with Gasteiger partial charge >= 0.3 is 0 Å². The first-order chi connectivity index (χ1) is 6.82. The van der Waals surface area contributed by atoms with Gasteiger partial charge in [-0.05, 0) is 23.4 Å². The van der Waals surface area contributed by atoms with Crippen molar-refractivity contribution in [1.82, 2.24) is 0 Å². The highest BCUT2D eigenvalue weighted by molar-refractivity contribution is 6.83. The van der Waals surface area contributed by atoms with Crippen LogP contribution in [0.2, 0.25) is 19.6 Å². The summed E-state index contributed by atoms with van der Waals surface area (Å²) in [4.78, 5) is 10.1. The van der Waals surface area contributed by atoms with Crippen molar-refractivity contribution < 1.29 is 4.92 Å². The molecule has 4 nitrogen and oxygen atoms in total. The summed E-state index contributed by atoms with van der Waals surface area (Å²) >= 11 is 0. The maximum atomic E-state index is 10.5. The Labute approximate surface area is 90.3 Å². The van der Waals surface area contributed by atoms with Crippen LogP contribution in [0.1, 0.15) is 6.42 Å². The third-order valence-corrected chi connectivity index (χ3v) is 4.29. The molecule has 5 heteroatoms. The second kappa shape index (κ2) is 4.02. The van der Waals surface area contributed by atoms with Gasteiger partial charge in [-0.2, -0.15) is 0 Å². The number of hydrogen-bond acceptors (Lipinski definition) is 3. The first-order valence-electron chi connectivity index (χ1n) is 4.84. The Bertz CT molecular complexity index is 375. The molecular weight excluding hydrogens is 208 g/mol. The number of hydrogen-bond donors (Lipinski definition) is 1. The molecule has 1 aliphatic carbocycles. The minimum Gasteiger partial charge on any atom is -0.405 e. The van der Waals surface area contributed by atoms with Crippen LogP contribution in [-0.2, 0) is 0 Å². The van der Waals surface area contributed by atoms with Crippen molar-refractivity contribution in [3.05, 3.63) is 44.9 Å². The molecule has 2 N–H and O–H groups in total. The van der Waals surface area contributed by atoms with Crippen LogP contribution in [-0.4, -0.2) is 13.0 Å². The molecule has 0 amide bonds. The fourth-order valence-corrected chi connectivity index (χ4v) is 2.50. The molecule has 0 heterocycles. The molecule has 0 aromatic carbocycles. The van der Waals surface area contributed by atoms with E-state index in [9.17, 15) is 10.1 Å². The van der Waals surface area contributed by atoms with Crippen LogP contribution >= 0.6 is 0 Å². The molecule has 0 unspecified atom stereocenters. The molecule has 15 heavy (non-hydrogen) atoms. The van der Waals surface area contributed by atoms with Gasteiger partial charge in [0.1, 0.15) is 0 Å². The van der Waals surface area contributed by atoms with Crippen molar-refractivity contribution in [3.8, 4) is 0 Å². The van der Waals surface area contributed by atoms with E-state index < -0.39 is 8.07 Å². The fourth-order valence-electron chi connectivity index (χ4n) is 1.35. The molecule has 0 fully saturated rings. The fraction of sp³-hybridized carbons (Fsp3) is 0.400. The molecule has 1 rings (SSSR count). The Kier molecular flexibility index (Phi) is 3.14. The van der Waals surface area contributed by atoms with E-state index in [0.717, 1.165) is 10.9 Å². The zero-order chi connectivity index (χ0) is 11.6. The molecule has 0 spiro atoms. The van der Waals surface area contributed by atoms with E-state index in [2.05, 4.69) is 19.6 Å². The molecule has 0 aromatic heterocycles. The van der Waals surface area contributed by atoms with E-state index in [4.69, 9.17) is 5.73 Å². The standard InChI is InChI=1S/C10H16N2O2Si/c1-15(2,3)10(11)8-4-6-9(7-5-8)12(13)14/h4,6-7H,5,11H2,1-3H3. The minimum atomic E-state index is -1.49. The molecule has 0 aromatic rings. The largest absolute Gasteiger partial charge is 0.405 e. The molecule has 0 saturated carbocycles. The third-order valence-electron chi connectivity index (χ3n) is 2.35. The summed E-state index contributed by atoms with van der Waals surface area (Å²) in [5.41, 5.74) is 7.22. The van der Waals surface area contributed by atoms with E-state index in [1.54, 1.807) is 12.2 Å². The summed E-state index contributed by atoms with van der Waals surface area (Å²) in [5.74, 6) is 0. The summed E-state index contributed by atoms with van der Waals surface area (Å²) in [6, 6.07) is 0. The van der Waals surface area contributed by atoms with Gasteiger partial charge in [-0.15, -0.1) is 0 Å². The molecule has 0 radical (unpaired) electrons. The highest BCUT2D eigenvalue weighted by atomic mass is 28.3. The maximum absolute atomic E-state index is 10.5. The van der Waals surface area contributed by atoms with Crippen LogP contribution in [0.3, 0.4) is 0 Å². The Morgan fingerprint density at radius 2 is 2.07 bits per heavy atom. The van der Waals surface area contributed by atoms with Gasteiger partial charge in [0.25, 0.3) is 5.70 Å². The molecule has 0 atom stereocenters. The van der Waals surface area contributed by atoms with E-state index in [1.165, 1.54) is 6.08 Å². The molecule has 1 aliphatic rings. The highest BCUT2D eigenvalue weighted by Crippen LogP contribution is 2.22. The maximum Gasteiger partial charge on any atom is 0.265 e. The lowest BCUT2D eigenvalue weighted by molar-refractivity contribution is -0.419. The predicted molar refractivity (Wildman–Crippen MR) is 63.4 cm³/mol. The van der Waals surface area contributed by atoms with Crippen LogP contribution in [0.15, 0.2) is 34.8 Å². The number of allylic oxidation sites excluding steroid dienone is 4. The van der Waals surface area contributed by atoms with Gasteiger partial charge in [-0.25, -0.2) is 0 Å². The molecule has 82 valence electrons. The number of nitro groups is 1. The average molecular weight is 224 g/mol. The topological polar surface area (TPSA) is 69.2 Å². The Morgan fingerprint density at radius 3 is 2.40 bits per heavy atom. The summed E-state index contributed by atoms with van der Waals surface area (Å²) in [6.07, 6.45) is 5.48.